The lowest BCUT2D eigenvalue weighted by atomic mass is 9.92. The molecule has 3 aromatic heterocycles. The lowest BCUT2D eigenvalue weighted by molar-refractivity contribution is 0.360. The summed E-state index contributed by atoms with van der Waals surface area (Å²) in [4.78, 5) is 18.8. The molecule has 0 fully saturated rings. The Morgan fingerprint density at radius 1 is 0.274 bits per heavy atom. The monoisotopic (exact) mass is 796 g/mol. The number of aromatic nitrogens is 4. The van der Waals surface area contributed by atoms with E-state index < -0.39 is 0 Å². The summed E-state index contributed by atoms with van der Waals surface area (Å²) in [6, 6.07) is 66.4. The lowest BCUT2D eigenvalue weighted by Gasteiger charge is -2.24. The Morgan fingerprint density at radius 2 is 0.677 bits per heavy atom. The minimum absolute atomic E-state index is 0.607. The van der Waals surface area contributed by atoms with Crippen LogP contribution < -0.4 is 9.47 Å². The second-order valence-electron chi connectivity index (χ2n) is 15.1. The molecule has 62 heavy (non-hydrogen) atoms. The normalized spacial score (nSPS) is 11.5. The fourth-order valence-electron chi connectivity index (χ4n) is 7.94. The van der Waals surface area contributed by atoms with Crippen LogP contribution in [0.25, 0.3) is 89.5 Å². The van der Waals surface area contributed by atoms with Crippen molar-refractivity contribution < 1.29 is 9.47 Å². The number of pyridine rings is 2. The summed E-state index contributed by atoms with van der Waals surface area (Å²) in [5, 5.41) is 0. The van der Waals surface area contributed by atoms with Crippen LogP contribution in [0.3, 0.4) is 0 Å². The minimum Gasteiger partial charge on any atom is -0.449 e. The summed E-state index contributed by atoms with van der Waals surface area (Å²) >= 11 is 0. The number of benzene rings is 7. The Balaban J connectivity index is 0.967. The Bertz CT molecular complexity index is 3180. The standard InChI is InChI=1S/C56H36N4O2/c1-3-9-37(10-4-1)38-19-25-43(26-20-38)50-34-51(60-56(59-50)44-11-5-2-6-12-44)45-27-28-52-53(31-45)62-55-33-49(42-23-17-40(18-24-42)47-14-8-30-58-36-47)48(32-54(55)61-52)41-21-15-39(16-22-41)46-13-7-29-57-35-46/h1-36H. The van der Waals surface area contributed by atoms with Gasteiger partial charge < -0.3 is 9.47 Å². The zero-order valence-electron chi connectivity index (χ0n) is 33.4. The predicted octanol–water partition coefficient (Wildman–Crippen LogP) is 14.5. The first-order valence-electron chi connectivity index (χ1n) is 20.5. The molecule has 1 aliphatic heterocycles. The van der Waals surface area contributed by atoms with Gasteiger partial charge in [0.1, 0.15) is 0 Å². The van der Waals surface area contributed by atoms with Crippen molar-refractivity contribution >= 4 is 0 Å². The van der Waals surface area contributed by atoms with E-state index in [2.05, 4.69) is 131 Å². The summed E-state index contributed by atoms with van der Waals surface area (Å²) in [6.07, 6.45) is 7.35. The number of hydrogen-bond acceptors (Lipinski definition) is 6. The molecule has 0 atom stereocenters. The van der Waals surface area contributed by atoms with Gasteiger partial charge in [0.15, 0.2) is 28.8 Å². The van der Waals surface area contributed by atoms with Crippen LogP contribution in [-0.4, -0.2) is 19.9 Å². The molecular weight excluding hydrogens is 761 g/mol. The zero-order valence-corrected chi connectivity index (χ0v) is 33.4. The molecule has 0 spiro atoms. The van der Waals surface area contributed by atoms with Gasteiger partial charge >= 0.3 is 0 Å². The van der Waals surface area contributed by atoms with E-state index in [-0.39, 0.29) is 0 Å². The first-order valence-corrected chi connectivity index (χ1v) is 20.5. The highest BCUT2D eigenvalue weighted by Crippen LogP contribution is 2.51. The summed E-state index contributed by atoms with van der Waals surface area (Å²) in [7, 11) is 0. The SMILES string of the molecule is c1ccc(-c2ccc(-c3cc(-c4ccc5c(c4)Oc4cc(-c6ccc(-c7cccnc7)cc6)c(-c6ccc(-c7cccnc7)cc6)cc4O5)nc(-c4ccccc4)n3)cc2)cc1. The fourth-order valence-corrected chi connectivity index (χ4v) is 7.94. The maximum Gasteiger partial charge on any atom is 0.170 e. The second kappa shape index (κ2) is 15.9. The molecule has 0 saturated heterocycles. The molecule has 7 aromatic carbocycles. The van der Waals surface area contributed by atoms with Gasteiger partial charge in [-0.1, -0.05) is 146 Å². The zero-order chi connectivity index (χ0) is 41.2. The van der Waals surface area contributed by atoms with Crippen LogP contribution in [-0.2, 0) is 0 Å². The van der Waals surface area contributed by atoms with Crippen LogP contribution in [0.2, 0.25) is 0 Å². The van der Waals surface area contributed by atoms with E-state index >= 15 is 0 Å². The molecule has 0 bridgehead atoms. The molecule has 0 saturated carbocycles. The lowest BCUT2D eigenvalue weighted by Crippen LogP contribution is -2.01. The molecule has 6 nitrogen and oxygen atoms in total. The highest BCUT2D eigenvalue weighted by atomic mass is 16.6. The quantitative estimate of drug-likeness (QED) is 0.153. The molecule has 0 radical (unpaired) electrons. The van der Waals surface area contributed by atoms with Crippen LogP contribution in [0.1, 0.15) is 0 Å². The molecule has 1 aliphatic rings. The number of ether oxygens (including phenoxy) is 2. The van der Waals surface area contributed by atoms with Gasteiger partial charge in [0, 0.05) is 41.5 Å². The van der Waals surface area contributed by atoms with Crippen LogP contribution >= 0.6 is 0 Å². The maximum absolute atomic E-state index is 6.76. The Labute approximate surface area is 359 Å². The fraction of sp³-hybridized carbons (Fsp3) is 0. The van der Waals surface area contributed by atoms with E-state index in [9.17, 15) is 0 Å². The van der Waals surface area contributed by atoms with Crippen molar-refractivity contribution in [2.45, 2.75) is 0 Å². The second-order valence-corrected chi connectivity index (χ2v) is 15.1. The average Bonchev–Trinajstić information content (AvgIpc) is 3.36. The van der Waals surface area contributed by atoms with Crippen LogP contribution in [0.4, 0.5) is 0 Å². The van der Waals surface area contributed by atoms with E-state index in [1.165, 1.54) is 5.56 Å². The molecule has 0 unspecified atom stereocenters. The van der Waals surface area contributed by atoms with E-state index in [1.807, 2.05) is 85.2 Å². The van der Waals surface area contributed by atoms with E-state index in [1.54, 1.807) is 12.4 Å². The van der Waals surface area contributed by atoms with Crippen molar-refractivity contribution in [3.63, 3.8) is 0 Å². The van der Waals surface area contributed by atoms with Crippen molar-refractivity contribution in [1.82, 2.24) is 19.9 Å². The highest BCUT2D eigenvalue weighted by molar-refractivity contribution is 5.88. The number of nitrogens with zero attached hydrogens (tertiary/aromatic N) is 4. The predicted molar refractivity (Wildman–Crippen MR) is 248 cm³/mol. The van der Waals surface area contributed by atoms with Gasteiger partial charge in [-0.25, -0.2) is 9.97 Å². The van der Waals surface area contributed by atoms with Crippen molar-refractivity contribution in [3.8, 4) is 113 Å². The molecule has 0 amide bonds. The van der Waals surface area contributed by atoms with Gasteiger partial charge in [-0.15, -0.1) is 0 Å². The van der Waals surface area contributed by atoms with Crippen molar-refractivity contribution in [2.24, 2.45) is 0 Å². The molecule has 0 aliphatic carbocycles. The molecule has 6 heteroatoms. The first-order chi connectivity index (χ1) is 30.7. The summed E-state index contributed by atoms with van der Waals surface area (Å²) < 4.78 is 13.4. The topological polar surface area (TPSA) is 70.0 Å². The molecule has 0 N–H and O–H groups in total. The average molecular weight is 797 g/mol. The minimum atomic E-state index is 0.607. The number of hydrogen-bond donors (Lipinski definition) is 0. The third-order valence-electron chi connectivity index (χ3n) is 11.2. The molecular formula is C56H36N4O2. The van der Waals surface area contributed by atoms with Gasteiger partial charge in [0.2, 0.25) is 0 Å². The largest absolute Gasteiger partial charge is 0.449 e. The Kier molecular flexibility index (Phi) is 9.41. The van der Waals surface area contributed by atoms with Crippen molar-refractivity contribution in [3.05, 3.63) is 219 Å². The van der Waals surface area contributed by atoms with Gasteiger partial charge in [-0.05, 0) is 104 Å². The van der Waals surface area contributed by atoms with Crippen LogP contribution in [0.15, 0.2) is 219 Å². The maximum atomic E-state index is 6.76. The Hall–Kier alpha value is -8.48. The van der Waals surface area contributed by atoms with E-state index in [0.717, 1.165) is 78.1 Å². The van der Waals surface area contributed by atoms with Crippen LogP contribution in [0, 0.1) is 0 Å². The van der Waals surface area contributed by atoms with Crippen molar-refractivity contribution in [2.75, 3.05) is 0 Å². The third-order valence-corrected chi connectivity index (χ3v) is 11.2. The molecule has 4 heterocycles. The van der Waals surface area contributed by atoms with Gasteiger partial charge in [0.25, 0.3) is 0 Å². The van der Waals surface area contributed by atoms with Gasteiger partial charge in [-0.3, -0.25) is 9.97 Å². The summed E-state index contributed by atoms with van der Waals surface area (Å²) in [5.74, 6) is 3.15. The van der Waals surface area contributed by atoms with Crippen molar-refractivity contribution in [1.29, 1.82) is 0 Å². The van der Waals surface area contributed by atoms with Gasteiger partial charge in [-0.2, -0.15) is 0 Å². The first kappa shape index (κ1) is 36.6. The van der Waals surface area contributed by atoms with E-state index in [4.69, 9.17) is 19.4 Å². The van der Waals surface area contributed by atoms with Gasteiger partial charge in [0.05, 0.1) is 11.4 Å². The Morgan fingerprint density at radius 3 is 1.21 bits per heavy atom. The third kappa shape index (κ3) is 7.27. The smallest absolute Gasteiger partial charge is 0.170 e. The molecule has 292 valence electrons. The highest BCUT2D eigenvalue weighted by Gasteiger charge is 2.24. The number of fused-ring (bicyclic) bond motifs is 2. The van der Waals surface area contributed by atoms with Crippen LogP contribution in [0.5, 0.6) is 23.0 Å². The molecule has 11 rings (SSSR count). The summed E-state index contributed by atoms with van der Waals surface area (Å²) in [6.45, 7) is 0. The molecule has 10 aromatic rings. The number of rotatable bonds is 8. The summed E-state index contributed by atoms with van der Waals surface area (Å²) in [5.41, 5.74) is 15.2. The van der Waals surface area contributed by atoms with E-state index in [0.29, 0.717) is 28.8 Å².